The van der Waals surface area contributed by atoms with Crippen LogP contribution in [0, 0.1) is 13.7 Å². The van der Waals surface area contributed by atoms with Gasteiger partial charge in [0.2, 0.25) is 0 Å². The number of nitrogens with zero attached hydrogens (tertiary/aromatic N) is 1. The molecule has 7 heteroatoms. The largest absolute Gasteiger partial charge is 0.365 e. The van der Waals surface area contributed by atoms with Gasteiger partial charge in [0, 0.05) is 3.57 Å². The van der Waals surface area contributed by atoms with Crippen molar-refractivity contribution in [2.24, 2.45) is 5.73 Å². The zero-order chi connectivity index (χ0) is 10.9. The molecule has 0 unspecified atom stereocenters. The quantitative estimate of drug-likeness (QED) is 0.512. The van der Waals surface area contributed by atoms with Crippen molar-refractivity contribution in [2.75, 3.05) is 0 Å². The second-order valence-corrected chi connectivity index (χ2v) is 3.94. The Morgan fingerprint density at radius 3 is 2.50 bits per heavy atom. The van der Waals surface area contributed by atoms with Crippen molar-refractivity contribution in [3.05, 3.63) is 36.4 Å². The molecule has 0 saturated carbocycles. The Morgan fingerprint density at radius 2 is 2.14 bits per heavy atom. The van der Waals surface area contributed by atoms with Crippen LogP contribution in [0.15, 0.2) is 12.1 Å². The fourth-order valence-corrected chi connectivity index (χ4v) is 1.88. The highest BCUT2D eigenvalue weighted by molar-refractivity contribution is 14.1. The Kier molecular flexibility index (Phi) is 3.27. The van der Waals surface area contributed by atoms with Crippen LogP contribution in [-0.2, 0) is 0 Å². The maximum atomic E-state index is 11.0. The predicted molar refractivity (Wildman–Crippen MR) is 59.3 cm³/mol. The monoisotopic (exact) mass is 326 g/mol. The summed E-state index contributed by atoms with van der Waals surface area (Å²) < 4.78 is 0.409. The summed E-state index contributed by atoms with van der Waals surface area (Å²) in [6, 6.07) is 2.85. The minimum Gasteiger partial charge on any atom is -0.365 e. The molecule has 14 heavy (non-hydrogen) atoms. The molecule has 0 aromatic heterocycles. The average Bonchev–Trinajstić information content (AvgIpc) is 2.07. The molecular formula is C7H4ClIN2O3. The summed E-state index contributed by atoms with van der Waals surface area (Å²) in [6.07, 6.45) is 0. The maximum Gasteiger partial charge on any atom is 0.301 e. The van der Waals surface area contributed by atoms with Crippen LogP contribution in [0.25, 0.3) is 0 Å². The van der Waals surface area contributed by atoms with E-state index in [1.165, 1.54) is 12.1 Å². The molecule has 5 nitrogen and oxygen atoms in total. The fourth-order valence-electron chi connectivity index (χ4n) is 0.954. The van der Waals surface area contributed by atoms with Gasteiger partial charge in [0.25, 0.3) is 5.91 Å². The van der Waals surface area contributed by atoms with E-state index in [4.69, 9.17) is 17.3 Å². The standard InChI is InChI=1S/C7H4ClIN2O3/c8-3-1-2-4(9)5(7(10)12)6(3)11(13)14/h1-2H,(H2,10,12). The number of benzene rings is 1. The van der Waals surface area contributed by atoms with Gasteiger partial charge in [-0.1, -0.05) is 11.6 Å². The number of hydrogen-bond donors (Lipinski definition) is 1. The molecule has 2 N–H and O–H groups in total. The molecule has 1 aromatic rings. The summed E-state index contributed by atoms with van der Waals surface area (Å²) in [5.74, 6) is -0.858. The molecule has 0 radical (unpaired) electrons. The summed E-state index contributed by atoms with van der Waals surface area (Å²) in [4.78, 5) is 20.8. The van der Waals surface area contributed by atoms with E-state index in [9.17, 15) is 14.9 Å². The Hall–Kier alpha value is -0.890. The van der Waals surface area contributed by atoms with E-state index in [0.29, 0.717) is 3.57 Å². The number of halogens is 2. The van der Waals surface area contributed by atoms with Crippen molar-refractivity contribution in [1.29, 1.82) is 0 Å². The highest BCUT2D eigenvalue weighted by atomic mass is 127. The molecule has 0 spiro atoms. The zero-order valence-corrected chi connectivity index (χ0v) is 9.57. The van der Waals surface area contributed by atoms with Crippen LogP contribution in [0.3, 0.4) is 0 Å². The van der Waals surface area contributed by atoms with Gasteiger partial charge in [-0.15, -0.1) is 0 Å². The van der Waals surface area contributed by atoms with E-state index >= 15 is 0 Å². The summed E-state index contributed by atoms with van der Waals surface area (Å²) in [7, 11) is 0. The number of hydrogen-bond acceptors (Lipinski definition) is 3. The van der Waals surface area contributed by atoms with Crippen LogP contribution in [0.2, 0.25) is 5.02 Å². The van der Waals surface area contributed by atoms with Gasteiger partial charge in [0.15, 0.2) is 0 Å². The van der Waals surface area contributed by atoms with E-state index in [0.717, 1.165) is 0 Å². The van der Waals surface area contributed by atoms with Crippen LogP contribution < -0.4 is 5.73 Å². The topological polar surface area (TPSA) is 86.2 Å². The molecular weight excluding hydrogens is 322 g/mol. The average molecular weight is 326 g/mol. The van der Waals surface area contributed by atoms with Crippen molar-refractivity contribution < 1.29 is 9.72 Å². The van der Waals surface area contributed by atoms with Crippen LogP contribution in [0.4, 0.5) is 5.69 Å². The lowest BCUT2D eigenvalue weighted by Gasteiger charge is -2.02. The highest BCUT2D eigenvalue weighted by Crippen LogP contribution is 2.31. The Labute approximate surface area is 97.5 Å². The molecule has 0 atom stereocenters. The third-order valence-corrected chi connectivity index (χ3v) is 2.71. The summed E-state index contributed by atoms with van der Waals surface area (Å²) in [6.45, 7) is 0. The van der Waals surface area contributed by atoms with Crippen LogP contribution in [-0.4, -0.2) is 10.8 Å². The summed E-state index contributed by atoms with van der Waals surface area (Å²) in [5.41, 5.74) is 4.43. The number of carbonyl (C=O) groups is 1. The van der Waals surface area contributed by atoms with E-state index in [1.807, 2.05) is 0 Å². The van der Waals surface area contributed by atoms with Gasteiger partial charge >= 0.3 is 5.69 Å². The highest BCUT2D eigenvalue weighted by Gasteiger charge is 2.24. The van der Waals surface area contributed by atoms with E-state index in [2.05, 4.69) is 0 Å². The van der Waals surface area contributed by atoms with E-state index in [-0.39, 0.29) is 10.6 Å². The number of rotatable bonds is 2. The van der Waals surface area contributed by atoms with Gasteiger partial charge in [-0.3, -0.25) is 14.9 Å². The second kappa shape index (κ2) is 4.09. The lowest BCUT2D eigenvalue weighted by atomic mass is 10.2. The van der Waals surface area contributed by atoms with Gasteiger partial charge in [-0.2, -0.15) is 0 Å². The maximum absolute atomic E-state index is 11.0. The van der Waals surface area contributed by atoms with Gasteiger partial charge < -0.3 is 5.73 Å². The lowest BCUT2D eigenvalue weighted by molar-refractivity contribution is -0.385. The van der Waals surface area contributed by atoms with Gasteiger partial charge in [-0.25, -0.2) is 0 Å². The number of amides is 1. The van der Waals surface area contributed by atoms with Crippen molar-refractivity contribution in [3.8, 4) is 0 Å². The molecule has 0 aliphatic rings. The Bertz CT molecular complexity index is 383. The van der Waals surface area contributed by atoms with Crippen LogP contribution in [0.5, 0.6) is 0 Å². The fraction of sp³-hybridized carbons (Fsp3) is 0. The summed E-state index contributed by atoms with van der Waals surface area (Å²) >= 11 is 7.37. The van der Waals surface area contributed by atoms with Crippen molar-refractivity contribution in [1.82, 2.24) is 0 Å². The van der Waals surface area contributed by atoms with Gasteiger partial charge in [0.05, 0.1) is 4.92 Å². The number of nitro groups is 1. The first-order valence-corrected chi connectivity index (χ1v) is 4.83. The molecule has 1 aromatic carbocycles. The smallest absolute Gasteiger partial charge is 0.301 e. The van der Waals surface area contributed by atoms with Gasteiger partial charge in [-0.05, 0) is 34.7 Å². The summed E-state index contributed by atoms with van der Waals surface area (Å²) in [5, 5.41) is 10.5. The molecule has 0 fully saturated rings. The first-order valence-electron chi connectivity index (χ1n) is 3.37. The van der Waals surface area contributed by atoms with Crippen LogP contribution >= 0.6 is 34.2 Å². The molecule has 0 heterocycles. The second-order valence-electron chi connectivity index (χ2n) is 2.37. The molecule has 0 bridgehead atoms. The molecule has 0 aliphatic heterocycles. The SMILES string of the molecule is NC(=O)c1c(I)ccc(Cl)c1[N+](=O)[O-]. The Balaban J connectivity index is 3.58. The number of nitro benzene ring substituents is 1. The minimum atomic E-state index is -0.858. The lowest BCUT2D eigenvalue weighted by Crippen LogP contribution is -2.15. The molecule has 1 amide bonds. The van der Waals surface area contributed by atoms with Gasteiger partial charge in [0.1, 0.15) is 10.6 Å². The first kappa shape index (κ1) is 11.2. The third-order valence-electron chi connectivity index (χ3n) is 1.51. The number of nitrogens with two attached hydrogens (primary N) is 1. The first-order chi connectivity index (χ1) is 6.45. The predicted octanol–water partition coefficient (Wildman–Crippen LogP) is 1.95. The normalized spacial score (nSPS) is 9.86. The molecule has 1 rings (SSSR count). The van der Waals surface area contributed by atoms with Crippen molar-refractivity contribution in [2.45, 2.75) is 0 Å². The zero-order valence-electron chi connectivity index (χ0n) is 6.66. The molecule has 74 valence electrons. The molecule has 0 saturated heterocycles. The van der Waals surface area contributed by atoms with E-state index < -0.39 is 16.5 Å². The third kappa shape index (κ3) is 1.95. The van der Waals surface area contributed by atoms with E-state index in [1.54, 1.807) is 22.6 Å². The number of carbonyl (C=O) groups excluding carboxylic acids is 1. The minimum absolute atomic E-state index is 0.0933. The van der Waals surface area contributed by atoms with Crippen molar-refractivity contribution in [3.63, 3.8) is 0 Å². The van der Waals surface area contributed by atoms with Crippen LogP contribution in [0.1, 0.15) is 10.4 Å². The van der Waals surface area contributed by atoms with Crippen molar-refractivity contribution >= 4 is 45.8 Å². The number of primary amides is 1. The Morgan fingerprint density at radius 1 is 1.57 bits per heavy atom. The molecule has 0 aliphatic carbocycles.